The number of rotatable bonds is 11. The van der Waals surface area contributed by atoms with E-state index in [-0.39, 0.29) is 58.2 Å². The van der Waals surface area contributed by atoms with E-state index in [1.54, 1.807) is 37.7 Å². The molecule has 178 valence electrons. The molecule has 0 radical (unpaired) electrons. The number of aliphatic carboxylic acids is 1. The number of hydrogen-bond acceptors (Lipinski definition) is 8. The van der Waals surface area contributed by atoms with Crippen molar-refractivity contribution in [3.8, 4) is 39.2 Å². The van der Waals surface area contributed by atoms with Gasteiger partial charge in [0.05, 0.1) is 28.4 Å². The first-order valence-corrected chi connectivity index (χ1v) is 10.9. The molecule has 0 bridgehead atoms. The molecule has 1 heterocycles. The van der Waals surface area contributed by atoms with E-state index in [0.717, 1.165) is 10.4 Å². The predicted molar refractivity (Wildman–Crippen MR) is 129 cm³/mol. The SMILES string of the molecule is COc1cc(OC)c(-c2cccs2)cc1/C=C/C(=O)c1cc(OC)c(OCC(=O)O)c(OC)c1.[Na+]. The molecule has 0 amide bonds. The van der Waals surface area contributed by atoms with Gasteiger partial charge >= 0.3 is 35.5 Å². The van der Waals surface area contributed by atoms with Crippen LogP contribution in [0.25, 0.3) is 16.5 Å². The number of benzene rings is 2. The normalized spacial score (nSPS) is 10.4. The van der Waals surface area contributed by atoms with Gasteiger partial charge in [-0.2, -0.15) is 0 Å². The Morgan fingerprint density at radius 2 is 1.54 bits per heavy atom. The number of methoxy groups -OCH3 is 4. The molecule has 0 spiro atoms. The Labute approximate surface area is 229 Å². The van der Waals surface area contributed by atoms with Crippen LogP contribution in [0.4, 0.5) is 0 Å². The van der Waals surface area contributed by atoms with Crippen molar-refractivity contribution in [3.63, 3.8) is 0 Å². The third-order valence-corrected chi connectivity index (χ3v) is 5.74. The largest absolute Gasteiger partial charge is 1.00 e. The first kappa shape index (κ1) is 28.3. The molecule has 0 atom stereocenters. The van der Waals surface area contributed by atoms with Crippen LogP contribution >= 0.6 is 11.3 Å². The average Bonchev–Trinajstić information content (AvgIpc) is 3.39. The summed E-state index contributed by atoms with van der Waals surface area (Å²) in [4.78, 5) is 24.9. The average molecular weight is 508 g/mol. The maximum absolute atomic E-state index is 13.0. The predicted octanol–water partition coefficient (Wildman–Crippen LogP) is 1.81. The van der Waals surface area contributed by atoms with E-state index in [1.807, 2.05) is 23.6 Å². The molecule has 1 aromatic heterocycles. The summed E-state index contributed by atoms with van der Waals surface area (Å²) in [5.41, 5.74) is 1.85. The minimum Gasteiger partial charge on any atom is -0.496 e. The number of allylic oxidation sites excluding steroid dienone is 1. The fourth-order valence-corrected chi connectivity index (χ4v) is 3.99. The molecule has 2 aromatic carbocycles. The summed E-state index contributed by atoms with van der Waals surface area (Å²) in [6, 6.07) is 10.5. The fourth-order valence-electron chi connectivity index (χ4n) is 3.24. The Balaban J connectivity index is 0.00000432. The van der Waals surface area contributed by atoms with Crippen molar-refractivity contribution >= 4 is 29.2 Å². The topological polar surface area (TPSA) is 101 Å². The monoisotopic (exact) mass is 507 g/mol. The Kier molecular flexibility index (Phi) is 10.7. The quantitative estimate of drug-likeness (QED) is 0.238. The molecule has 0 aliphatic carbocycles. The number of hydrogen-bond donors (Lipinski definition) is 1. The molecule has 0 unspecified atom stereocenters. The zero-order chi connectivity index (χ0) is 24.7. The second-order valence-corrected chi connectivity index (χ2v) is 7.81. The Hall–Kier alpha value is -2.98. The van der Waals surface area contributed by atoms with Crippen molar-refractivity contribution in [1.29, 1.82) is 0 Å². The zero-order valence-electron chi connectivity index (χ0n) is 20.1. The zero-order valence-corrected chi connectivity index (χ0v) is 22.9. The van der Waals surface area contributed by atoms with Gasteiger partial charge in [-0.1, -0.05) is 6.07 Å². The van der Waals surface area contributed by atoms with Gasteiger partial charge in [-0.25, -0.2) is 4.79 Å². The molecule has 8 nitrogen and oxygen atoms in total. The summed E-state index contributed by atoms with van der Waals surface area (Å²) in [7, 11) is 5.92. The molecule has 3 aromatic rings. The van der Waals surface area contributed by atoms with Gasteiger partial charge in [-0.3, -0.25) is 4.79 Å². The van der Waals surface area contributed by atoms with Gasteiger partial charge in [0.15, 0.2) is 23.9 Å². The van der Waals surface area contributed by atoms with E-state index < -0.39 is 12.6 Å². The second kappa shape index (κ2) is 13.2. The number of ketones is 1. The minimum absolute atomic E-state index is 0. The second-order valence-electron chi connectivity index (χ2n) is 6.86. The van der Waals surface area contributed by atoms with Crippen LogP contribution < -0.4 is 53.2 Å². The fraction of sp³-hybridized carbons (Fsp3) is 0.200. The summed E-state index contributed by atoms with van der Waals surface area (Å²) in [6.45, 7) is -0.580. The summed E-state index contributed by atoms with van der Waals surface area (Å²) in [5.74, 6) is 0.200. The van der Waals surface area contributed by atoms with Gasteiger partial charge in [0.1, 0.15) is 11.5 Å². The van der Waals surface area contributed by atoms with Crippen molar-refractivity contribution in [1.82, 2.24) is 0 Å². The van der Waals surface area contributed by atoms with E-state index in [4.69, 9.17) is 28.8 Å². The van der Waals surface area contributed by atoms with E-state index in [1.165, 1.54) is 32.4 Å². The molecule has 0 saturated heterocycles. The van der Waals surface area contributed by atoms with Crippen LogP contribution in [-0.4, -0.2) is 51.9 Å². The van der Waals surface area contributed by atoms with Crippen LogP contribution in [-0.2, 0) is 4.79 Å². The Morgan fingerprint density at radius 1 is 0.914 bits per heavy atom. The van der Waals surface area contributed by atoms with Crippen molar-refractivity contribution in [2.45, 2.75) is 0 Å². The van der Waals surface area contributed by atoms with Crippen molar-refractivity contribution < 1.29 is 67.9 Å². The smallest absolute Gasteiger partial charge is 0.496 e. The third-order valence-electron chi connectivity index (χ3n) is 4.84. The van der Waals surface area contributed by atoms with E-state index in [2.05, 4.69) is 0 Å². The number of carboxylic acids is 1. The van der Waals surface area contributed by atoms with E-state index in [9.17, 15) is 9.59 Å². The molecule has 10 heteroatoms. The van der Waals surface area contributed by atoms with Gasteiger partial charge in [0, 0.05) is 27.6 Å². The van der Waals surface area contributed by atoms with Crippen LogP contribution in [0, 0.1) is 0 Å². The first-order chi connectivity index (χ1) is 16.4. The summed E-state index contributed by atoms with van der Waals surface area (Å²) in [5, 5.41) is 10.9. The van der Waals surface area contributed by atoms with Crippen LogP contribution in [0.5, 0.6) is 28.7 Å². The summed E-state index contributed by atoms with van der Waals surface area (Å²) < 4.78 is 26.8. The molecule has 35 heavy (non-hydrogen) atoms. The van der Waals surface area contributed by atoms with Crippen LogP contribution in [0.2, 0.25) is 0 Å². The maximum Gasteiger partial charge on any atom is 1.00 e. The number of carbonyl (C=O) groups is 2. The molecular weight excluding hydrogens is 483 g/mol. The van der Waals surface area contributed by atoms with Crippen LogP contribution in [0.3, 0.4) is 0 Å². The van der Waals surface area contributed by atoms with Crippen LogP contribution in [0.1, 0.15) is 15.9 Å². The third kappa shape index (κ3) is 6.79. The van der Waals surface area contributed by atoms with Gasteiger partial charge in [-0.15, -0.1) is 11.3 Å². The number of carboxylic acid groups (broad SMARTS) is 1. The minimum atomic E-state index is -1.15. The van der Waals surface area contributed by atoms with Gasteiger partial charge < -0.3 is 28.8 Å². The van der Waals surface area contributed by atoms with Crippen molar-refractivity contribution in [2.24, 2.45) is 0 Å². The van der Waals surface area contributed by atoms with E-state index >= 15 is 0 Å². The number of ether oxygens (including phenoxy) is 5. The standard InChI is InChI=1S/C25H24O8S.Na/c1-29-19-13-20(30-2)17(23-6-5-9-34-23)10-15(19)7-8-18(26)16-11-21(31-3)25(22(12-16)32-4)33-14-24(27)28;/h5-13H,14H2,1-4H3,(H,27,28);/q;+1/b8-7+;. The molecule has 1 N–H and O–H groups in total. The molecule has 0 aliphatic rings. The van der Waals surface area contributed by atoms with Crippen LogP contribution in [0.15, 0.2) is 47.9 Å². The number of carbonyl (C=O) groups excluding carboxylic acids is 1. The Bertz CT molecular complexity index is 1180. The summed E-state index contributed by atoms with van der Waals surface area (Å²) in [6.07, 6.45) is 3.07. The summed E-state index contributed by atoms with van der Waals surface area (Å²) >= 11 is 1.58. The molecule has 0 saturated carbocycles. The van der Waals surface area contributed by atoms with E-state index in [0.29, 0.717) is 17.1 Å². The molecule has 0 aliphatic heterocycles. The van der Waals surface area contributed by atoms with Gasteiger partial charge in [0.25, 0.3) is 0 Å². The van der Waals surface area contributed by atoms with Crippen molar-refractivity contribution in [2.75, 3.05) is 35.0 Å². The molecule has 0 fully saturated rings. The van der Waals surface area contributed by atoms with Gasteiger partial charge in [-0.05, 0) is 41.8 Å². The first-order valence-electron chi connectivity index (χ1n) is 10.0. The van der Waals surface area contributed by atoms with Gasteiger partial charge in [0.2, 0.25) is 5.75 Å². The van der Waals surface area contributed by atoms with Crippen molar-refractivity contribution in [3.05, 3.63) is 59.0 Å². The molecular formula is C25H24NaO8S+. The number of thiophene rings is 1. The Morgan fingerprint density at radius 3 is 2.06 bits per heavy atom. The molecule has 3 rings (SSSR count). The maximum atomic E-state index is 13.0.